The van der Waals surface area contributed by atoms with Crippen LogP contribution < -0.4 is 16.5 Å². The predicted molar refractivity (Wildman–Crippen MR) is 168 cm³/mol. The average Bonchev–Trinajstić information content (AvgIpc) is 2.99. The van der Waals surface area contributed by atoms with Crippen molar-refractivity contribution in [1.29, 1.82) is 0 Å². The van der Waals surface area contributed by atoms with E-state index in [0.717, 1.165) is 44.9 Å². The fourth-order valence-corrected chi connectivity index (χ4v) is 7.65. The number of carbonyl (C=O) groups excluding carboxylic acids is 4. The molecule has 0 spiro atoms. The Kier molecular flexibility index (Phi) is 14.9. The SMILES string of the molecule is CCCN(CCC)C(=O)C1CC(C(N)=O)CC(C(=O)NC(CC2CC(F)CC(F)C2)C(O)CN(C)NC(=O)C2CCCCC2)C1. The Morgan fingerprint density at radius 2 is 1.40 bits per heavy atom. The molecule has 10 nitrogen and oxygen atoms in total. The Morgan fingerprint density at radius 3 is 1.98 bits per heavy atom. The van der Waals surface area contributed by atoms with Crippen molar-refractivity contribution in [3.8, 4) is 0 Å². The number of aliphatic hydroxyl groups is 1. The Labute approximate surface area is 267 Å². The molecule has 258 valence electrons. The maximum atomic E-state index is 14.3. The van der Waals surface area contributed by atoms with Crippen molar-refractivity contribution in [3.05, 3.63) is 0 Å². The number of nitrogens with two attached hydrogens (primary N) is 1. The maximum absolute atomic E-state index is 14.3. The quantitative estimate of drug-likeness (QED) is 0.202. The minimum atomic E-state index is -1.29. The molecular formula is C33H57F2N5O5. The van der Waals surface area contributed by atoms with Crippen molar-refractivity contribution in [1.82, 2.24) is 20.7 Å². The van der Waals surface area contributed by atoms with Gasteiger partial charge in [0.15, 0.2) is 0 Å². The topological polar surface area (TPSA) is 145 Å². The molecule has 0 bridgehead atoms. The summed E-state index contributed by atoms with van der Waals surface area (Å²) in [5, 5.41) is 15.8. The number of nitrogens with one attached hydrogen (secondary N) is 2. The van der Waals surface area contributed by atoms with Crippen molar-refractivity contribution in [3.63, 3.8) is 0 Å². The van der Waals surface area contributed by atoms with Crippen LogP contribution in [-0.2, 0) is 19.2 Å². The second kappa shape index (κ2) is 18.1. The summed E-state index contributed by atoms with van der Waals surface area (Å²) in [5.41, 5.74) is 8.53. The highest BCUT2D eigenvalue weighted by molar-refractivity contribution is 5.85. The molecular weight excluding hydrogens is 584 g/mol. The molecule has 45 heavy (non-hydrogen) atoms. The van der Waals surface area contributed by atoms with Gasteiger partial charge in [-0.2, -0.15) is 0 Å². The number of amides is 4. The van der Waals surface area contributed by atoms with Gasteiger partial charge in [-0.15, -0.1) is 0 Å². The minimum absolute atomic E-state index is 0.00703. The fraction of sp³-hybridized carbons (Fsp3) is 0.879. The normalized spacial score (nSPS) is 29.0. The van der Waals surface area contributed by atoms with Gasteiger partial charge in [0.25, 0.3) is 0 Å². The van der Waals surface area contributed by atoms with E-state index in [1.54, 1.807) is 11.9 Å². The monoisotopic (exact) mass is 641 g/mol. The first kappa shape index (κ1) is 37.1. The van der Waals surface area contributed by atoms with Crippen LogP contribution in [0.5, 0.6) is 0 Å². The smallest absolute Gasteiger partial charge is 0.237 e. The molecule has 3 fully saturated rings. The largest absolute Gasteiger partial charge is 0.390 e. The number of hydrazine groups is 1. The summed E-state index contributed by atoms with van der Waals surface area (Å²) in [4.78, 5) is 54.1. The van der Waals surface area contributed by atoms with E-state index in [4.69, 9.17) is 5.73 Å². The van der Waals surface area contributed by atoms with Crippen LogP contribution in [-0.4, -0.2) is 89.8 Å². The Bertz CT molecular complexity index is 967. The number of aliphatic hydroxyl groups excluding tert-OH is 1. The second-order valence-electron chi connectivity index (χ2n) is 13.9. The third-order valence-corrected chi connectivity index (χ3v) is 9.94. The van der Waals surface area contributed by atoms with E-state index in [1.165, 1.54) is 5.01 Å². The zero-order chi connectivity index (χ0) is 33.1. The Hall–Kier alpha value is -2.34. The number of nitrogens with zero attached hydrogens (tertiary/aromatic N) is 2. The van der Waals surface area contributed by atoms with E-state index in [2.05, 4.69) is 10.7 Å². The highest BCUT2D eigenvalue weighted by Gasteiger charge is 2.41. The third-order valence-electron chi connectivity index (χ3n) is 9.94. The van der Waals surface area contributed by atoms with Gasteiger partial charge >= 0.3 is 0 Å². The molecule has 0 heterocycles. The van der Waals surface area contributed by atoms with E-state index >= 15 is 0 Å². The summed E-state index contributed by atoms with van der Waals surface area (Å²) < 4.78 is 28.6. The van der Waals surface area contributed by atoms with Crippen molar-refractivity contribution >= 4 is 23.6 Å². The molecule has 3 aliphatic rings. The standard InChI is InChI=1S/C33H57F2N5O5/c1-4-11-40(12-5-2)33(45)25-17-23(30(36)42)16-24(18-25)31(43)37-28(15-21-13-26(34)19-27(35)14-21)29(41)20-39(3)38-32(44)22-9-7-6-8-10-22/h21-29,41H,4-20H2,1-3H3,(H2,36,42)(H,37,43)(H,38,44). The molecule has 3 saturated carbocycles. The number of carbonyl (C=O) groups is 4. The first-order valence-electron chi connectivity index (χ1n) is 17.3. The van der Waals surface area contributed by atoms with Crippen LogP contribution in [0.25, 0.3) is 0 Å². The molecule has 3 rings (SSSR count). The van der Waals surface area contributed by atoms with Gasteiger partial charge in [0.2, 0.25) is 23.6 Å². The van der Waals surface area contributed by atoms with Gasteiger partial charge < -0.3 is 21.1 Å². The number of alkyl halides is 2. The van der Waals surface area contributed by atoms with Crippen LogP contribution in [0.1, 0.15) is 104 Å². The fourth-order valence-electron chi connectivity index (χ4n) is 7.65. The van der Waals surface area contributed by atoms with E-state index in [9.17, 15) is 33.1 Å². The summed E-state index contributed by atoms with van der Waals surface area (Å²) in [6.45, 7) is 5.16. The Balaban J connectivity index is 1.73. The van der Waals surface area contributed by atoms with E-state index in [1.807, 2.05) is 13.8 Å². The zero-order valence-electron chi connectivity index (χ0n) is 27.5. The summed E-state index contributed by atoms with van der Waals surface area (Å²) >= 11 is 0. The van der Waals surface area contributed by atoms with Crippen LogP contribution in [0.2, 0.25) is 0 Å². The van der Waals surface area contributed by atoms with Crippen molar-refractivity contribution in [2.24, 2.45) is 35.3 Å². The van der Waals surface area contributed by atoms with Gasteiger partial charge in [-0.1, -0.05) is 33.1 Å². The molecule has 0 saturated heterocycles. The van der Waals surface area contributed by atoms with Gasteiger partial charge in [0.05, 0.1) is 12.1 Å². The molecule has 0 aromatic carbocycles. The number of hydrogen-bond donors (Lipinski definition) is 4. The number of hydrogen-bond acceptors (Lipinski definition) is 6. The van der Waals surface area contributed by atoms with Crippen LogP contribution in [0.4, 0.5) is 8.78 Å². The molecule has 0 aromatic heterocycles. The van der Waals surface area contributed by atoms with E-state index < -0.39 is 54.1 Å². The first-order chi connectivity index (χ1) is 21.4. The highest BCUT2D eigenvalue weighted by Crippen LogP contribution is 2.36. The van der Waals surface area contributed by atoms with Crippen LogP contribution in [0, 0.1) is 29.6 Å². The molecule has 7 unspecified atom stereocenters. The van der Waals surface area contributed by atoms with Gasteiger partial charge in [0.1, 0.15) is 12.3 Å². The lowest BCUT2D eigenvalue weighted by molar-refractivity contribution is -0.141. The van der Waals surface area contributed by atoms with Crippen molar-refractivity contribution in [2.75, 3.05) is 26.7 Å². The molecule has 5 N–H and O–H groups in total. The predicted octanol–water partition coefficient (Wildman–Crippen LogP) is 3.41. The lowest BCUT2D eigenvalue weighted by Crippen LogP contribution is -2.54. The van der Waals surface area contributed by atoms with Gasteiger partial charge in [-0.05, 0) is 70.1 Å². The zero-order valence-corrected chi connectivity index (χ0v) is 27.5. The van der Waals surface area contributed by atoms with E-state index in [0.29, 0.717) is 13.1 Å². The van der Waals surface area contributed by atoms with Crippen molar-refractivity contribution in [2.45, 2.75) is 128 Å². The highest BCUT2D eigenvalue weighted by atomic mass is 19.1. The summed E-state index contributed by atoms with van der Waals surface area (Å²) in [6, 6.07) is -0.853. The molecule has 12 heteroatoms. The summed E-state index contributed by atoms with van der Waals surface area (Å²) in [7, 11) is 1.64. The Morgan fingerprint density at radius 1 is 0.822 bits per heavy atom. The number of likely N-dealkylation sites (N-methyl/N-ethyl adjacent to an activating group) is 1. The molecule has 0 radical (unpaired) electrons. The van der Waals surface area contributed by atoms with Crippen molar-refractivity contribution < 1.29 is 33.1 Å². The molecule has 0 aliphatic heterocycles. The van der Waals surface area contributed by atoms with E-state index in [-0.39, 0.29) is 75.1 Å². The molecule has 0 aromatic rings. The van der Waals surface area contributed by atoms with Crippen LogP contribution in [0.3, 0.4) is 0 Å². The molecule has 3 aliphatic carbocycles. The number of halogens is 2. The lowest BCUT2D eigenvalue weighted by atomic mass is 9.73. The van der Waals surface area contributed by atoms with Crippen LogP contribution >= 0.6 is 0 Å². The van der Waals surface area contributed by atoms with Crippen LogP contribution in [0.15, 0.2) is 0 Å². The summed E-state index contributed by atoms with van der Waals surface area (Å²) in [5.74, 6) is -3.50. The molecule has 4 amide bonds. The van der Waals surface area contributed by atoms with Gasteiger partial charge in [-0.3, -0.25) is 24.6 Å². The summed E-state index contributed by atoms with van der Waals surface area (Å²) in [6.07, 6.45) is 3.64. The third kappa shape index (κ3) is 11.4. The van der Waals surface area contributed by atoms with Gasteiger partial charge in [0, 0.05) is 56.8 Å². The first-order valence-corrected chi connectivity index (χ1v) is 17.3. The lowest BCUT2D eigenvalue weighted by Gasteiger charge is -2.37. The number of primary amides is 1. The second-order valence-corrected chi connectivity index (χ2v) is 13.9. The van der Waals surface area contributed by atoms with Gasteiger partial charge in [-0.25, -0.2) is 13.8 Å². The maximum Gasteiger partial charge on any atom is 0.237 e. The number of rotatable bonds is 15. The molecule has 7 atom stereocenters. The minimum Gasteiger partial charge on any atom is -0.390 e. The average molecular weight is 642 g/mol.